The van der Waals surface area contributed by atoms with Crippen LogP contribution in [0, 0.1) is 0 Å². The van der Waals surface area contributed by atoms with E-state index < -0.39 is 106 Å². The van der Waals surface area contributed by atoms with Gasteiger partial charge in [0.2, 0.25) is 0 Å². The van der Waals surface area contributed by atoms with Crippen LogP contribution in [0.3, 0.4) is 0 Å². The van der Waals surface area contributed by atoms with Crippen LogP contribution >= 0.6 is 0 Å². The van der Waals surface area contributed by atoms with Crippen molar-refractivity contribution in [3.8, 4) is 0 Å². The zero-order chi connectivity index (χ0) is 24.4. The first kappa shape index (κ1) is 27.0. The summed E-state index contributed by atoms with van der Waals surface area (Å²) in [6.45, 7) is -1.98. The third-order valence-electron chi connectivity index (χ3n) is 5.95. The lowest BCUT2D eigenvalue weighted by Crippen LogP contribution is -2.65. The second-order valence-electron chi connectivity index (χ2n) is 8.24. The van der Waals surface area contributed by atoms with Crippen LogP contribution in [0.4, 0.5) is 0 Å². The van der Waals surface area contributed by atoms with Crippen LogP contribution in [0.1, 0.15) is 6.42 Å². The minimum absolute atomic E-state index is 0.0679. The van der Waals surface area contributed by atoms with Gasteiger partial charge in [-0.05, 0) is 0 Å². The molecule has 15 heteroatoms. The highest BCUT2D eigenvalue weighted by Crippen LogP contribution is 2.31. The quantitative estimate of drug-likeness (QED) is 0.160. The Morgan fingerprint density at radius 1 is 0.576 bits per heavy atom. The van der Waals surface area contributed by atoms with Gasteiger partial charge in [-0.2, -0.15) is 0 Å². The van der Waals surface area contributed by atoms with Gasteiger partial charge < -0.3 is 74.7 Å². The van der Waals surface area contributed by atoms with Gasteiger partial charge in [0.1, 0.15) is 54.9 Å². The van der Waals surface area contributed by atoms with E-state index in [1.165, 1.54) is 0 Å². The zero-order valence-corrected chi connectivity index (χ0v) is 17.4. The lowest BCUT2D eigenvalue weighted by molar-refractivity contribution is -0.373. The first-order valence-electron chi connectivity index (χ1n) is 10.5. The van der Waals surface area contributed by atoms with Crippen LogP contribution in [-0.4, -0.2) is 157 Å². The fourth-order valence-electron chi connectivity index (χ4n) is 4.02. The Morgan fingerprint density at radius 2 is 1.09 bits per heavy atom. The molecule has 0 aromatic heterocycles. The number of aliphatic hydroxyl groups is 10. The third-order valence-corrected chi connectivity index (χ3v) is 5.95. The van der Waals surface area contributed by atoms with Crippen molar-refractivity contribution in [2.45, 2.75) is 92.4 Å². The van der Waals surface area contributed by atoms with E-state index in [0.29, 0.717) is 0 Å². The summed E-state index contributed by atoms with van der Waals surface area (Å²) in [5, 5.41) is 99.2. The van der Waals surface area contributed by atoms with Crippen LogP contribution in [0.15, 0.2) is 0 Å². The van der Waals surface area contributed by atoms with Gasteiger partial charge in [-0.15, -0.1) is 0 Å². The molecule has 10 N–H and O–H groups in total. The first-order valence-corrected chi connectivity index (χ1v) is 10.5. The van der Waals surface area contributed by atoms with Crippen molar-refractivity contribution in [3.63, 3.8) is 0 Å². The molecule has 15 nitrogen and oxygen atoms in total. The van der Waals surface area contributed by atoms with E-state index in [0.717, 1.165) is 0 Å². The second kappa shape index (κ2) is 11.4. The number of hydrogen-bond donors (Lipinski definition) is 10. The summed E-state index contributed by atoms with van der Waals surface area (Å²) in [5.41, 5.74) is 0. The maximum absolute atomic E-state index is 10.6. The molecule has 0 aromatic rings. The van der Waals surface area contributed by atoms with Gasteiger partial charge in [-0.25, -0.2) is 0 Å². The standard InChI is InChI=1S/C18H32O15/c19-2-5-1-6(22)9(23)17(29-5)32-15-8(4-21)31-18(13(27)11(15)25)33-14-7(3-20)30-16(28)12(26)10(14)24/h5-28H,1-4H2/t5?,6-,7?,8?,9?,10+,11+,12?,13?,14+,15+,16+,17+,18+/m1/s1. The molecule has 3 fully saturated rings. The molecule has 3 aliphatic rings. The summed E-state index contributed by atoms with van der Waals surface area (Å²) in [7, 11) is 0. The van der Waals surface area contributed by atoms with Crippen LogP contribution < -0.4 is 0 Å². The highest BCUT2D eigenvalue weighted by molar-refractivity contribution is 4.95. The predicted octanol–water partition coefficient (Wildman–Crippen LogP) is -6.54. The molecule has 3 heterocycles. The summed E-state index contributed by atoms with van der Waals surface area (Å²) in [6.07, 6.45) is -21.7. The lowest BCUT2D eigenvalue weighted by atomic mass is 9.96. The Balaban J connectivity index is 1.71. The Hall–Kier alpha value is -0.600. The van der Waals surface area contributed by atoms with E-state index in [4.69, 9.17) is 23.7 Å². The second-order valence-corrected chi connectivity index (χ2v) is 8.24. The predicted molar refractivity (Wildman–Crippen MR) is 99.9 cm³/mol. The molecule has 3 rings (SSSR count). The number of hydrogen-bond acceptors (Lipinski definition) is 15. The molecule has 33 heavy (non-hydrogen) atoms. The van der Waals surface area contributed by atoms with Crippen LogP contribution in [-0.2, 0) is 23.7 Å². The lowest BCUT2D eigenvalue weighted by Gasteiger charge is -2.47. The fraction of sp³-hybridized carbons (Fsp3) is 1.00. The summed E-state index contributed by atoms with van der Waals surface area (Å²) >= 11 is 0. The number of ether oxygens (including phenoxy) is 5. The molecule has 14 atom stereocenters. The summed E-state index contributed by atoms with van der Waals surface area (Å²) < 4.78 is 26.7. The SMILES string of the molecule is OCC1C[C@@H](O)C(O)[C@H](O[C@H]2C(CO)O[C@@H](O[C@H]3C(CO)O[C@H](O)C(O)[C@@H]3O)C(O)[C@@H]2O)O1. The average molecular weight is 488 g/mol. The molecular weight excluding hydrogens is 456 g/mol. The molecule has 0 spiro atoms. The van der Waals surface area contributed by atoms with Crippen molar-refractivity contribution in [1.82, 2.24) is 0 Å². The average Bonchev–Trinajstić information content (AvgIpc) is 2.80. The number of aliphatic hydroxyl groups excluding tert-OH is 10. The molecule has 3 aliphatic heterocycles. The van der Waals surface area contributed by atoms with Crippen molar-refractivity contribution in [1.29, 1.82) is 0 Å². The molecule has 0 radical (unpaired) electrons. The normalized spacial score (nSPS) is 51.5. The van der Waals surface area contributed by atoms with Crippen molar-refractivity contribution in [2.24, 2.45) is 0 Å². The van der Waals surface area contributed by atoms with Crippen molar-refractivity contribution < 1.29 is 74.7 Å². The van der Waals surface area contributed by atoms with Crippen LogP contribution in [0.25, 0.3) is 0 Å². The maximum atomic E-state index is 10.6. The van der Waals surface area contributed by atoms with Gasteiger partial charge >= 0.3 is 0 Å². The zero-order valence-electron chi connectivity index (χ0n) is 17.4. The van der Waals surface area contributed by atoms with Gasteiger partial charge in [0.25, 0.3) is 0 Å². The summed E-state index contributed by atoms with van der Waals surface area (Å²) in [5.74, 6) is 0. The largest absolute Gasteiger partial charge is 0.394 e. The molecule has 0 amide bonds. The monoisotopic (exact) mass is 488 g/mol. The van der Waals surface area contributed by atoms with E-state index in [1.54, 1.807) is 0 Å². The smallest absolute Gasteiger partial charge is 0.187 e. The summed E-state index contributed by atoms with van der Waals surface area (Å²) in [6, 6.07) is 0. The van der Waals surface area contributed by atoms with Gasteiger partial charge in [-0.3, -0.25) is 0 Å². The van der Waals surface area contributed by atoms with E-state index in [9.17, 15) is 51.1 Å². The fourth-order valence-corrected chi connectivity index (χ4v) is 4.02. The minimum Gasteiger partial charge on any atom is -0.394 e. The molecule has 3 saturated heterocycles. The van der Waals surface area contributed by atoms with Gasteiger partial charge in [-0.1, -0.05) is 0 Å². The number of rotatable bonds is 7. The third kappa shape index (κ3) is 5.64. The highest BCUT2D eigenvalue weighted by atomic mass is 16.7. The Morgan fingerprint density at radius 3 is 1.64 bits per heavy atom. The molecule has 0 bridgehead atoms. The molecular formula is C18H32O15. The van der Waals surface area contributed by atoms with E-state index in [2.05, 4.69) is 0 Å². The van der Waals surface area contributed by atoms with E-state index in [1.807, 2.05) is 0 Å². The van der Waals surface area contributed by atoms with E-state index in [-0.39, 0.29) is 6.42 Å². The Labute approximate surface area is 187 Å². The van der Waals surface area contributed by atoms with E-state index >= 15 is 0 Å². The molecule has 6 unspecified atom stereocenters. The first-order chi connectivity index (χ1) is 15.6. The van der Waals surface area contributed by atoms with Gasteiger partial charge in [0.15, 0.2) is 18.9 Å². The maximum Gasteiger partial charge on any atom is 0.187 e. The van der Waals surface area contributed by atoms with Crippen molar-refractivity contribution in [3.05, 3.63) is 0 Å². The molecule has 0 aliphatic carbocycles. The highest BCUT2D eigenvalue weighted by Gasteiger charge is 2.52. The Kier molecular flexibility index (Phi) is 9.35. The van der Waals surface area contributed by atoms with Gasteiger partial charge in [0.05, 0.1) is 32.0 Å². The van der Waals surface area contributed by atoms with Crippen LogP contribution in [0.2, 0.25) is 0 Å². The van der Waals surface area contributed by atoms with Crippen LogP contribution in [0.5, 0.6) is 0 Å². The van der Waals surface area contributed by atoms with Crippen molar-refractivity contribution >= 4 is 0 Å². The molecule has 194 valence electrons. The van der Waals surface area contributed by atoms with Gasteiger partial charge in [0, 0.05) is 6.42 Å². The summed E-state index contributed by atoms with van der Waals surface area (Å²) in [4.78, 5) is 0. The molecule has 0 aromatic carbocycles. The van der Waals surface area contributed by atoms with Crippen molar-refractivity contribution in [2.75, 3.05) is 19.8 Å². The molecule has 0 saturated carbocycles. The Bertz CT molecular complexity index is 607. The minimum atomic E-state index is -1.85. The topological polar surface area (TPSA) is 248 Å².